The van der Waals surface area contributed by atoms with Crippen molar-refractivity contribution >= 4 is 22.6 Å². The second kappa shape index (κ2) is 7.90. The number of fused-ring (bicyclic) bond motifs is 1. The van der Waals surface area contributed by atoms with E-state index in [1.54, 1.807) is 7.11 Å². The zero-order valence-electron chi connectivity index (χ0n) is 17.1. The average Bonchev–Trinajstić information content (AvgIpc) is 3.30. The lowest BCUT2D eigenvalue weighted by atomic mass is 9.95. The number of piperidine rings is 1. The number of hydrogen-bond donors (Lipinski definition) is 0. The van der Waals surface area contributed by atoms with Crippen molar-refractivity contribution in [3.05, 3.63) is 53.9 Å². The van der Waals surface area contributed by atoms with Crippen LogP contribution in [0.25, 0.3) is 0 Å². The molecule has 4 heterocycles. The number of amidine groups is 1. The maximum Gasteiger partial charge on any atom is 0.160 e. The van der Waals surface area contributed by atoms with Gasteiger partial charge in [0.2, 0.25) is 0 Å². The molecule has 0 aliphatic carbocycles. The summed E-state index contributed by atoms with van der Waals surface area (Å²) in [5.74, 6) is 0.958. The first kappa shape index (κ1) is 18.8. The Morgan fingerprint density at radius 3 is 2.72 bits per heavy atom. The second-order valence-electron chi connectivity index (χ2n) is 8.11. The van der Waals surface area contributed by atoms with Crippen molar-refractivity contribution in [3.8, 4) is 5.75 Å². The zero-order chi connectivity index (χ0) is 19.8. The number of aliphatic imine (C=N–C) groups is 1. The van der Waals surface area contributed by atoms with Crippen LogP contribution in [0.1, 0.15) is 49.5 Å². The molecule has 3 aliphatic heterocycles. The van der Waals surface area contributed by atoms with Gasteiger partial charge in [0.25, 0.3) is 0 Å². The Bertz CT molecular complexity index is 897. The number of anilines is 1. The molecule has 152 valence electrons. The molecule has 5 nitrogen and oxygen atoms in total. The molecule has 3 aliphatic rings. The predicted octanol–water partition coefficient (Wildman–Crippen LogP) is 4.67. The van der Waals surface area contributed by atoms with Gasteiger partial charge in [0.1, 0.15) is 11.8 Å². The highest BCUT2D eigenvalue weighted by molar-refractivity contribution is 8.14. The first-order valence-electron chi connectivity index (χ1n) is 10.6. The SMILES string of the molecule is COc1cc(N2CCCCC2)ccc1C1C(c2ccccn2)N=C2SC(C)CN21. The van der Waals surface area contributed by atoms with Gasteiger partial charge in [0, 0.05) is 48.4 Å². The highest BCUT2D eigenvalue weighted by atomic mass is 32.2. The minimum atomic E-state index is 0.000867. The Hall–Kier alpha value is -2.21. The summed E-state index contributed by atoms with van der Waals surface area (Å²) in [6.45, 7) is 5.55. The molecule has 0 bridgehead atoms. The summed E-state index contributed by atoms with van der Waals surface area (Å²) in [5.41, 5.74) is 3.50. The fourth-order valence-corrected chi connectivity index (χ4v) is 5.84. The number of rotatable bonds is 4. The number of benzene rings is 1. The Morgan fingerprint density at radius 2 is 1.97 bits per heavy atom. The largest absolute Gasteiger partial charge is 0.496 e. The maximum absolute atomic E-state index is 5.92. The van der Waals surface area contributed by atoms with Gasteiger partial charge in [-0.05, 0) is 37.5 Å². The lowest BCUT2D eigenvalue weighted by Gasteiger charge is -2.31. The third-order valence-electron chi connectivity index (χ3n) is 6.14. The van der Waals surface area contributed by atoms with Gasteiger partial charge in [-0.1, -0.05) is 30.8 Å². The van der Waals surface area contributed by atoms with Crippen LogP contribution in [-0.2, 0) is 0 Å². The number of aromatic nitrogens is 1. The predicted molar refractivity (Wildman–Crippen MR) is 120 cm³/mol. The highest BCUT2D eigenvalue weighted by Crippen LogP contribution is 2.50. The van der Waals surface area contributed by atoms with Crippen molar-refractivity contribution in [2.24, 2.45) is 4.99 Å². The Morgan fingerprint density at radius 1 is 1.10 bits per heavy atom. The third-order valence-corrected chi connectivity index (χ3v) is 7.24. The van der Waals surface area contributed by atoms with E-state index in [9.17, 15) is 0 Å². The quantitative estimate of drug-likeness (QED) is 0.735. The van der Waals surface area contributed by atoms with E-state index in [-0.39, 0.29) is 12.1 Å². The van der Waals surface area contributed by atoms with E-state index in [0.717, 1.165) is 36.2 Å². The second-order valence-corrected chi connectivity index (χ2v) is 9.52. The molecule has 2 aromatic rings. The van der Waals surface area contributed by atoms with Crippen molar-refractivity contribution in [2.45, 2.75) is 43.5 Å². The van der Waals surface area contributed by atoms with E-state index in [0.29, 0.717) is 5.25 Å². The fourth-order valence-electron chi connectivity index (χ4n) is 4.75. The minimum Gasteiger partial charge on any atom is -0.496 e. The highest BCUT2D eigenvalue weighted by Gasteiger charge is 2.44. The lowest BCUT2D eigenvalue weighted by molar-refractivity contribution is 0.307. The van der Waals surface area contributed by atoms with Gasteiger partial charge in [-0.15, -0.1) is 0 Å². The standard InChI is InChI=1S/C23H28N4OS/c1-16-15-27-22(21(25-23(27)29-16)19-8-4-5-11-24-19)18-10-9-17(14-20(18)28-2)26-12-6-3-7-13-26/h4-5,8-11,14,16,21-22H,3,6-7,12-13,15H2,1-2H3. The number of pyridine rings is 1. The molecule has 3 atom stereocenters. The van der Waals surface area contributed by atoms with Gasteiger partial charge in [-0.2, -0.15) is 0 Å². The molecule has 0 radical (unpaired) electrons. The summed E-state index contributed by atoms with van der Waals surface area (Å²) in [7, 11) is 1.78. The van der Waals surface area contributed by atoms with Gasteiger partial charge in [0.05, 0.1) is 18.8 Å². The molecule has 1 aromatic carbocycles. The van der Waals surface area contributed by atoms with E-state index < -0.39 is 0 Å². The summed E-state index contributed by atoms with van der Waals surface area (Å²) in [6, 6.07) is 13.0. The molecule has 1 aromatic heterocycles. The molecular weight excluding hydrogens is 380 g/mol. The molecule has 0 amide bonds. The Balaban J connectivity index is 1.53. The summed E-state index contributed by atoms with van der Waals surface area (Å²) < 4.78 is 5.92. The molecule has 5 rings (SSSR count). The Kier molecular flexibility index (Phi) is 5.12. The van der Waals surface area contributed by atoms with Crippen molar-refractivity contribution in [1.29, 1.82) is 0 Å². The Labute approximate surface area is 177 Å². The fraction of sp³-hybridized carbons (Fsp3) is 0.478. The number of ether oxygens (including phenoxy) is 1. The molecule has 2 saturated heterocycles. The van der Waals surface area contributed by atoms with Crippen LogP contribution in [0.15, 0.2) is 47.6 Å². The normalized spacial score (nSPS) is 26.4. The van der Waals surface area contributed by atoms with Gasteiger partial charge < -0.3 is 14.5 Å². The summed E-state index contributed by atoms with van der Waals surface area (Å²) in [5, 5.41) is 1.69. The van der Waals surface area contributed by atoms with Gasteiger partial charge in [0.15, 0.2) is 5.17 Å². The van der Waals surface area contributed by atoms with E-state index in [1.807, 2.05) is 24.0 Å². The molecule has 2 fully saturated rings. The van der Waals surface area contributed by atoms with E-state index in [4.69, 9.17) is 9.73 Å². The van der Waals surface area contributed by atoms with Crippen LogP contribution in [0, 0.1) is 0 Å². The first-order valence-corrected chi connectivity index (χ1v) is 11.5. The molecule has 29 heavy (non-hydrogen) atoms. The lowest BCUT2D eigenvalue weighted by Crippen LogP contribution is -2.30. The van der Waals surface area contributed by atoms with Crippen LogP contribution in [0.3, 0.4) is 0 Å². The molecule has 6 heteroatoms. The number of hydrogen-bond acceptors (Lipinski definition) is 6. The van der Waals surface area contributed by atoms with Crippen LogP contribution < -0.4 is 9.64 Å². The molecular formula is C23H28N4OS. The summed E-state index contributed by atoms with van der Waals surface area (Å²) >= 11 is 1.87. The zero-order valence-corrected chi connectivity index (χ0v) is 17.9. The third kappa shape index (κ3) is 3.48. The van der Waals surface area contributed by atoms with Crippen LogP contribution in [-0.4, -0.2) is 47.0 Å². The first-order chi connectivity index (χ1) is 14.2. The van der Waals surface area contributed by atoms with Crippen molar-refractivity contribution in [3.63, 3.8) is 0 Å². The van der Waals surface area contributed by atoms with Crippen molar-refractivity contribution < 1.29 is 4.74 Å². The molecule has 0 spiro atoms. The molecule has 0 saturated carbocycles. The minimum absolute atomic E-state index is 0.000867. The number of methoxy groups -OCH3 is 1. The van der Waals surface area contributed by atoms with Crippen molar-refractivity contribution in [1.82, 2.24) is 9.88 Å². The topological polar surface area (TPSA) is 41.0 Å². The van der Waals surface area contributed by atoms with E-state index in [2.05, 4.69) is 52.0 Å². The summed E-state index contributed by atoms with van der Waals surface area (Å²) in [6.07, 6.45) is 5.75. The maximum atomic E-state index is 5.92. The van der Waals surface area contributed by atoms with Gasteiger partial charge >= 0.3 is 0 Å². The number of thioether (sulfide) groups is 1. The van der Waals surface area contributed by atoms with Crippen LogP contribution in [0.5, 0.6) is 5.75 Å². The molecule has 0 N–H and O–H groups in total. The van der Waals surface area contributed by atoms with Crippen LogP contribution in [0.4, 0.5) is 5.69 Å². The van der Waals surface area contributed by atoms with Crippen LogP contribution in [0.2, 0.25) is 0 Å². The number of nitrogens with zero attached hydrogens (tertiary/aromatic N) is 4. The average molecular weight is 409 g/mol. The van der Waals surface area contributed by atoms with Crippen molar-refractivity contribution in [2.75, 3.05) is 31.6 Å². The summed E-state index contributed by atoms with van der Waals surface area (Å²) in [4.78, 5) is 14.7. The van der Waals surface area contributed by atoms with Gasteiger partial charge in [-0.25, -0.2) is 0 Å². The monoisotopic (exact) mass is 408 g/mol. The van der Waals surface area contributed by atoms with E-state index in [1.165, 1.54) is 30.5 Å². The van der Waals surface area contributed by atoms with Crippen LogP contribution >= 0.6 is 11.8 Å². The molecule has 3 unspecified atom stereocenters. The van der Waals surface area contributed by atoms with Gasteiger partial charge in [-0.3, -0.25) is 9.98 Å². The van der Waals surface area contributed by atoms with E-state index >= 15 is 0 Å². The smallest absolute Gasteiger partial charge is 0.160 e.